The highest BCUT2D eigenvalue weighted by Crippen LogP contribution is 2.68. The van der Waals surface area contributed by atoms with Gasteiger partial charge in [-0.05, 0) is 91.7 Å². The van der Waals surface area contributed by atoms with Gasteiger partial charge in [-0.1, -0.05) is 68.0 Å². The minimum atomic E-state index is 0.190. The molecule has 4 aromatic rings. The van der Waals surface area contributed by atoms with Gasteiger partial charge >= 0.3 is 0 Å². The first kappa shape index (κ1) is 25.1. The fraction of sp³-hybridized carbons (Fsp3) is 0.444. The van der Waals surface area contributed by atoms with Crippen molar-refractivity contribution >= 4 is 16.7 Å². The molecular weight excluding hydrogens is 504 g/mol. The monoisotopic (exact) mass is 542 g/mol. The summed E-state index contributed by atoms with van der Waals surface area (Å²) in [6, 6.07) is 20.8. The van der Waals surface area contributed by atoms with Crippen molar-refractivity contribution in [1.82, 2.24) is 20.0 Å². The summed E-state index contributed by atoms with van der Waals surface area (Å²) < 4.78 is 2.01. The summed E-state index contributed by atoms with van der Waals surface area (Å²) in [7, 11) is 0. The third-order valence-corrected chi connectivity index (χ3v) is 11.8. The summed E-state index contributed by atoms with van der Waals surface area (Å²) in [4.78, 5) is 12.3. The Kier molecular flexibility index (Phi) is 5.64. The molecule has 0 aliphatic heterocycles. The van der Waals surface area contributed by atoms with Gasteiger partial charge in [-0.2, -0.15) is 10.2 Å². The Hall–Kier alpha value is -3.60. The van der Waals surface area contributed by atoms with E-state index in [9.17, 15) is 4.79 Å². The van der Waals surface area contributed by atoms with Gasteiger partial charge in [0.05, 0.1) is 16.8 Å². The van der Waals surface area contributed by atoms with Crippen LogP contribution in [0.3, 0.4) is 0 Å². The molecule has 0 N–H and O–H groups in total. The average molecular weight is 543 g/mol. The largest absolute Gasteiger partial charge is 0.295 e. The molecule has 5 heteroatoms. The zero-order chi connectivity index (χ0) is 27.8. The van der Waals surface area contributed by atoms with Gasteiger partial charge in [-0.15, -0.1) is 5.10 Å². The van der Waals surface area contributed by atoms with E-state index in [2.05, 4.69) is 68.6 Å². The molecule has 8 rings (SSSR count). The molecule has 2 aromatic carbocycles. The second kappa shape index (κ2) is 9.20. The molecule has 2 heterocycles. The van der Waals surface area contributed by atoms with Crippen LogP contribution in [0.2, 0.25) is 0 Å². The van der Waals surface area contributed by atoms with Gasteiger partial charge in [0.25, 0.3) is 0 Å². The summed E-state index contributed by atoms with van der Waals surface area (Å²) in [5.74, 6) is 2.79. The lowest BCUT2D eigenvalue weighted by Crippen LogP contribution is -2.50. The van der Waals surface area contributed by atoms with E-state index < -0.39 is 0 Å². The Bertz CT molecular complexity index is 1670. The van der Waals surface area contributed by atoms with E-state index in [1.165, 1.54) is 31.3 Å². The quantitative estimate of drug-likeness (QED) is 0.262. The van der Waals surface area contributed by atoms with Crippen LogP contribution in [0.25, 0.3) is 27.8 Å². The molecule has 6 unspecified atom stereocenters. The number of fused-ring (bicyclic) bond motifs is 6. The summed E-state index contributed by atoms with van der Waals surface area (Å²) in [6.07, 6.45) is 13.1. The van der Waals surface area contributed by atoms with E-state index >= 15 is 0 Å². The van der Waals surface area contributed by atoms with Crippen LogP contribution < -0.4 is 0 Å². The second-order valence-corrected chi connectivity index (χ2v) is 13.6. The molecular formula is C36H38N4O. The number of hydrogen-bond acceptors (Lipinski definition) is 4. The van der Waals surface area contributed by atoms with Crippen LogP contribution in [-0.2, 0) is 4.79 Å². The lowest BCUT2D eigenvalue weighted by molar-refractivity contribution is -0.117. The zero-order valence-electron chi connectivity index (χ0n) is 24.1. The number of rotatable bonds is 3. The Balaban J connectivity index is 1.21. The van der Waals surface area contributed by atoms with Crippen molar-refractivity contribution in [2.75, 3.05) is 0 Å². The van der Waals surface area contributed by atoms with E-state index in [1.54, 1.807) is 0 Å². The number of hydrogen-bond donors (Lipinski definition) is 0. The molecule has 0 radical (unpaired) electrons. The maximum absolute atomic E-state index is 12.3. The molecule has 0 amide bonds. The van der Waals surface area contributed by atoms with Crippen LogP contribution in [0.4, 0.5) is 0 Å². The lowest BCUT2D eigenvalue weighted by Gasteiger charge is -2.58. The van der Waals surface area contributed by atoms with Crippen molar-refractivity contribution in [2.24, 2.45) is 28.6 Å². The average Bonchev–Trinajstić information content (AvgIpc) is 3.60. The Morgan fingerprint density at radius 3 is 2.41 bits per heavy atom. The first-order valence-corrected chi connectivity index (χ1v) is 15.6. The topological polar surface area (TPSA) is 60.7 Å². The van der Waals surface area contributed by atoms with Gasteiger partial charge in [0.15, 0.2) is 5.78 Å². The Morgan fingerprint density at radius 2 is 1.61 bits per heavy atom. The van der Waals surface area contributed by atoms with Crippen molar-refractivity contribution in [1.29, 1.82) is 0 Å². The highest BCUT2D eigenvalue weighted by Gasteiger charge is 2.59. The van der Waals surface area contributed by atoms with Gasteiger partial charge in [0.2, 0.25) is 0 Å². The maximum Gasteiger partial charge on any atom is 0.155 e. The van der Waals surface area contributed by atoms with Crippen LogP contribution in [0.5, 0.6) is 0 Å². The molecule has 5 nitrogen and oxygen atoms in total. The predicted octanol–water partition coefficient (Wildman–Crippen LogP) is 8.10. The number of para-hydroxylation sites is 1. The highest BCUT2D eigenvalue weighted by molar-refractivity contribution is 5.93. The first-order valence-electron chi connectivity index (χ1n) is 15.6. The summed E-state index contributed by atoms with van der Waals surface area (Å²) in [6.45, 7) is 5.03. The molecule has 4 aliphatic carbocycles. The van der Waals surface area contributed by atoms with E-state index in [0.29, 0.717) is 23.5 Å². The summed E-state index contributed by atoms with van der Waals surface area (Å²) in [5.41, 5.74) is 6.96. The number of carbonyl (C=O) groups excluding carboxylic acids is 1. The number of aromatic nitrogens is 4. The second-order valence-electron chi connectivity index (χ2n) is 13.6. The first-order chi connectivity index (χ1) is 20.0. The molecule has 6 atom stereocenters. The number of benzene rings is 2. The lowest BCUT2D eigenvalue weighted by atomic mass is 9.46. The minimum Gasteiger partial charge on any atom is -0.295 e. The summed E-state index contributed by atoms with van der Waals surface area (Å²) >= 11 is 0. The smallest absolute Gasteiger partial charge is 0.155 e. The van der Waals surface area contributed by atoms with Crippen LogP contribution in [-0.4, -0.2) is 25.8 Å². The number of carbonyl (C=O) groups is 1. The fourth-order valence-corrected chi connectivity index (χ4v) is 9.71. The SMILES string of the molecule is CC12CCC(=O)C=C1CCC1C2CCC2(C)C(c3nnc(-c4ccccc4)c4cn(-c5ccccc5)nc34)CCC12. The van der Waals surface area contributed by atoms with Crippen molar-refractivity contribution in [3.8, 4) is 16.9 Å². The van der Waals surface area contributed by atoms with Gasteiger partial charge < -0.3 is 0 Å². The molecule has 0 spiro atoms. The number of ketones is 1. The van der Waals surface area contributed by atoms with Gasteiger partial charge in [0.1, 0.15) is 11.2 Å². The molecule has 3 saturated carbocycles. The van der Waals surface area contributed by atoms with Crippen molar-refractivity contribution < 1.29 is 4.79 Å². The molecule has 3 fully saturated rings. The van der Waals surface area contributed by atoms with Gasteiger partial charge in [-0.25, -0.2) is 4.68 Å². The predicted molar refractivity (Wildman–Crippen MR) is 162 cm³/mol. The number of allylic oxidation sites excluding steroid dienone is 1. The van der Waals surface area contributed by atoms with E-state index in [0.717, 1.165) is 65.1 Å². The number of nitrogens with zero attached hydrogens (tertiary/aromatic N) is 4. The van der Waals surface area contributed by atoms with Gasteiger partial charge in [0, 0.05) is 24.1 Å². The molecule has 0 saturated heterocycles. The van der Waals surface area contributed by atoms with E-state index in [-0.39, 0.29) is 10.8 Å². The molecule has 0 bridgehead atoms. The Labute approximate surface area is 242 Å². The Morgan fingerprint density at radius 1 is 0.829 bits per heavy atom. The van der Waals surface area contributed by atoms with Gasteiger partial charge in [-0.3, -0.25) is 4.79 Å². The molecule has 41 heavy (non-hydrogen) atoms. The van der Waals surface area contributed by atoms with Crippen molar-refractivity contribution in [3.05, 3.63) is 84.2 Å². The summed E-state index contributed by atoms with van der Waals surface area (Å²) in [5, 5.41) is 16.2. The van der Waals surface area contributed by atoms with Crippen molar-refractivity contribution in [2.45, 2.75) is 71.1 Å². The van der Waals surface area contributed by atoms with Crippen LogP contribution in [0.1, 0.15) is 76.8 Å². The normalized spacial score (nSPS) is 32.7. The van der Waals surface area contributed by atoms with Crippen LogP contribution >= 0.6 is 0 Å². The molecule has 2 aromatic heterocycles. The van der Waals surface area contributed by atoms with E-state index in [4.69, 9.17) is 15.3 Å². The van der Waals surface area contributed by atoms with Crippen molar-refractivity contribution in [3.63, 3.8) is 0 Å². The van der Waals surface area contributed by atoms with E-state index in [1.807, 2.05) is 22.9 Å². The molecule has 208 valence electrons. The zero-order valence-corrected chi connectivity index (χ0v) is 24.1. The van der Waals surface area contributed by atoms with Crippen LogP contribution in [0, 0.1) is 28.6 Å². The third kappa shape index (κ3) is 3.73. The fourth-order valence-electron chi connectivity index (χ4n) is 9.71. The maximum atomic E-state index is 12.3. The standard InChI is InChI=1S/C36H38N4O/c1-35-19-17-26(41)21-24(35)13-14-27-29-15-16-31(36(29,2)20-18-30(27)35)34-33-28(22-40(39-33)25-11-7-4-8-12-25)32(37-38-34)23-9-5-3-6-10-23/h3-12,21-22,27,29-31H,13-20H2,1-2H3. The highest BCUT2D eigenvalue weighted by atomic mass is 16.1. The molecule has 4 aliphatic rings. The third-order valence-electron chi connectivity index (χ3n) is 11.8. The van der Waals surface area contributed by atoms with Crippen LogP contribution in [0.15, 0.2) is 78.5 Å². The minimum absolute atomic E-state index is 0.190.